The second-order valence-corrected chi connectivity index (χ2v) is 7.53. The number of nitrogens with zero attached hydrogens (tertiary/aromatic N) is 2. The number of ether oxygens (including phenoxy) is 2. The summed E-state index contributed by atoms with van der Waals surface area (Å²) in [5.74, 6) is -0.339. The number of aromatic carboxylic acids is 1. The standard InChI is InChI=1S/C18H11BrCl2N2O4/c1-26-14-2-8-7-27-17-15(18(24)25)22-23(16(17)12(8)6-13(14)19)11-4-9(20)3-10(21)5-11/h2-6H,7H2,1H3,(H,24,25). The van der Waals surface area contributed by atoms with Gasteiger partial charge in [0, 0.05) is 21.2 Å². The Morgan fingerprint density at radius 3 is 2.59 bits per heavy atom. The van der Waals surface area contributed by atoms with Crippen molar-refractivity contribution in [2.75, 3.05) is 7.11 Å². The Morgan fingerprint density at radius 2 is 1.96 bits per heavy atom. The van der Waals surface area contributed by atoms with E-state index in [0.29, 0.717) is 27.2 Å². The van der Waals surface area contributed by atoms with E-state index in [-0.39, 0.29) is 18.1 Å². The van der Waals surface area contributed by atoms with Crippen molar-refractivity contribution in [1.29, 1.82) is 0 Å². The molecule has 0 aliphatic carbocycles. The van der Waals surface area contributed by atoms with Crippen LogP contribution in [0.2, 0.25) is 10.0 Å². The molecule has 0 fully saturated rings. The Balaban J connectivity index is 2.03. The zero-order valence-corrected chi connectivity index (χ0v) is 16.9. The maximum absolute atomic E-state index is 11.7. The number of carboxylic acid groups (broad SMARTS) is 1. The molecule has 27 heavy (non-hydrogen) atoms. The van der Waals surface area contributed by atoms with Gasteiger partial charge in [-0.15, -0.1) is 0 Å². The van der Waals surface area contributed by atoms with Crippen LogP contribution < -0.4 is 9.47 Å². The van der Waals surface area contributed by atoms with E-state index in [2.05, 4.69) is 21.0 Å². The van der Waals surface area contributed by atoms with Gasteiger partial charge in [-0.1, -0.05) is 23.2 Å². The fourth-order valence-electron chi connectivity index (χ4n) is 3.01. The fourth-order valence-corrected chi connectivity index (χ4v) is 4.03. The van der Waals surface area contributed by atoms with Crippen molar-refractivity contribution in [3.63, 3.8) is 0 Å². The maximum atomic E-state index is 11.7. The minimum absolute atomic E-state index is 0.182. The predicted octanol–water partition coefficient (Wildman–Crippen LogP) is 5.21. The molecule has 0 saturated carbocycles. The molecule has 9 heteroatoms. The molecular formula is C18H11BrCl2N2O4. The first kappa shape index (κ1) is 18.2. The van der Waals surface area contributed by atoms with Gasteiger partial charge in [0.25, 0.3) is 0 Å². The highest BCUT2D eigenvalue weighted by Gasteiger charge is 2.31. The molecule has 2 aromatic carbocycles. The van der Waals surface area contributed by atoms with Crippen molar-refractivity contribution in [2.45, 2.75) is 6.61 Å². The molecule has 0 atom stereocenters. The Kier molecular flexibility index (Phi) is 4.53. The van der Waals surface area contributed by atoms with E-state index >= 15 is 0 Å². The molecule has 3 aromatic rings. The topological polar surface area (TPSA) is 73.6 Å². The quantitative estimate of drug-likeness (QED) is 0.570. The summed E-state index contributed by atoms with van der Waals surface area (Å²) in [5.41, 5.74) is 2.47. The van der Waals surface area contributed by atoms with Crippen LogP contribution in [0.1, 0.15) is 16.1 Å². The molecule has 4 rings (SSSR count). The average Bonchev–Trinajstić information content (AvgIpc) is 3.00. The SMILES string of the molecule is COc1cc2c(cc1Br)-c1c(c(C(=O)O)nn1-c1cc(Cl)cc(Cl)c1)OC2. The van der Waals surface area contributed by atoms with Gasteiger partial charge in [0.15, 0.2) is 5.75 Å². The molecule has 1 aliphatic rings. The summed E-state index contributed by atoms with van der Waals surface area (Å²) >= 11 is 15.7. The number of halogens is 3. The predicted molar refractivity (Wildman–Crippen MR) is 105 cm³/mol. The van der Waals surface area contributed by atoms with Gasteiger partial charge in [-0.05, 0) is 46.3 Å². The zero-order valence-electron chi connectivity index (χ0n) is 13.8. The molecule has 2 heterocycles. The summed E-state index contributed by atoms with van der Waals surface area (Å²) in [4.78, 5) is 11.7. The smallest absolute Gasteiger partial charge is 0.360 e. The van der Waals surface area contributed by atoms with Gasteiger partial charge in [0.1, 0.15) is 18.1 Å². The number of methoxy groups -OCH3 is 1. The molecule has 0 radical (unpaired) electrons. The van der Waals surface area contributed by atoms with E-state index in [4.69, 9.17) is 32.7 Å². The fraction of sp³-hybridized carbons (Fsp3) is 0.111. The highest BCUT2D eigenvalue weighted by molar-refractivity contribution is 9.10. The molecule has 1 N–H and O–H groups in total. The molecule has 0 bridgehead atoms. The van der Waals surface area contributed by atoms with Crippen LogP contribution in [0.3, 0.4) is 0 Å². The number of aromatic nitrogens is 2. The normalized spacial score (nSPS) is 12.1. The van der Waals surface area contributed by atoms with Crippen LogP contribution in [0.5, 0.6) is 11.5 Å². The third-order valence-corrected chi connectivity index (χ3v) is 5.20. The minimum Gasteiger partial charge on any atom is -0.496 e. The summed E-state index contributed by atoms with van der Waals surface area (Å²) in [5, 5.41) is 14.6. The Hall–Kier alpha value is -2.22. The molecule has 1 aliphatic heterocycles. The lowest BCUT2D eigenvalue weighted by atomic mass is 10.0. The third kappa shape index (κ3) is 3.05. The molecule has 138 valence electrons. The molecule has 0 saturated heterocycles. The van der Waals surface area contributed by atoms with Crippen molar-refractivity contribution < 1.29 is 19.4 Å². The largest absolute Gasteiger partial charge is 0.496 e. The first-order valence-corrected chi connectivity index (χ1v) is 9.26. The van der Waals surface area contributed by atoms with Crippen molar-refractivity contribution in [3.8, 4) is 28.4 Å². The molecule has 1 aromatic heterocycles. The number of benzene rings is 2. The molecule has 0 amide bonds. The van der Waals surface area contributed by atoms with Crippen LogP contribution in [0.25, 0.3) is 16.9 Å². The highest BCUT2D eigenvalue weighted by atomic mass is 79.9. The van der Waals surface area contributed by atoms with E-state index in [1.807, 2.05) is 12.1 Å². The van der Waals surface area contributed by atoms with Crippen LogP contribution in [0.4, 0.5) is 0 Å². The zero-order chi connectivity index (χ0) is 19.3. The number of hydrogen-bond donors (Lipinski definition) is 1. The highest BCUT2D eigenvalue weighted by Crippen LogP contribution is 2.44. The van der Waals surface area contributed by atoms with Gasteiger partial charge < -0.3 is 14.6 Å². The number of carbonyl (C=O) groups is 1. The van der Waals surface area contributed by atoms with Gasteiger partial charge in [0.2, 0.25) is 5.69 Å². The summed E-state index contributed by atoms with van der Waals surface area (Å²) < 4.78 is 13.3. The van der Waals surface area contributed by atoms with Gasteiger partial charge in [-0.25, -0.2) is 9.48 Å². The van der Waals surface area contributed by atoms with Gasteiger partial charge in [-0.2, -0.15) is 5.10 Å². The van der Waals surface area contributed by atoms with Crippen molar-refractivity contribution in [3.05, 3.63) is 56.1 Å². The molecule has 6 nitrogen and oxygen atoms in total. The van der Waals surface area contributed by atoms with E-state index in [9.17, 15) is 9.90 Å². The van der Waals surface area contributed by atoms with E-state index in [1.54, 1.807) is 25.3 Å². The monoisotopic (exact) mass is 468 g/mol. The molecular weight excluding hydrogens is 459 g/mol. The average molecular weight is 470 g/mol. The Labute approximate surface area is 172 Å². The molecule has 0 spiro atoms. The Bertz CT molecular complexity index is 1080. The lowest BCUT2D eigenvalue weighted by Crippen LogP contribution is -2.09. The van der Waals surface area contributed by atoms with Crippen LogP contribution in [0.15, 0.2) is 34.8 Å². The number of rotatable bonds is 3. The maximum Gasteiger partial charge on any atom is 0.360 e. The first-order valence-electron chi connectivity index (χ1n) is 7.71. The number of carboxylic acids is 1. The number of hydrogen-bond acceptors (Lipinski definition) is 4. The summed E-state index contributed by atoms with van der Waals surface area (Å²) in [6.07, 6.45) is 0. The lowest BCUT2D eigenvalue weighted by molar-refractivity contribution is 0.0685. The van der Waals surface area contributed by atoms with Gasteiger partial charge >= 0.3 is 5.97 Å². The van der Waals surface area contributed by atoms with Crippen molar-refractivity contribution in [2.24, 2.45) is 0 Å². The summed E-state index contributed by atoms with van der Waals surface area (Å²) in [6, 6.07) is 8.58. The second kappa shape index (κ2) is 6.74. The van der Waals surface area contributed by atoms with Crippen LogP contribution in [0, 0.1) is 0 Å². The summed E-state index contributed by atoms with van der Waals surface area (Å²) in [7, 11) is 1.57. The van der Waals surface area contributed by atoms with Crippen LogP contribution in [-0.4, -0.2) is 28.0 Å². The second-order valence-electron chi connectivity index (χ2n) is 5.80. The van der Waals surface area contributed by atoms with Crippen molar-refractivity contribution in [1.82, 2.24) is 9.78 Å². The lowest BCUT2D eigenvalue weighted by Gasteiger charge is -2.21. The van der Waals surface area contributed by atoms with Crippen LogP contribution >= 0.6 is 39.1 Å². The minimum atomic E-state index is -1.19. The van der Waals surface area contributed by atoms with Gasteiger partial charge in [-0.3, -0.25) is 0 Å². The van der Waals surface area contributed by atoms with Gasteiger partial charge in [0.05, 0.1) is 17.3 Å². The first-order chi connectivity index (χ1) is 12.9. The third-order valence-electron chi connectivity index (χ3n) is 4.14. The van der Waals surface area contributed by atoms with Crippen molar-refractivity contribution >= 4 is 45.1 Å². The van der Waals surface area contributed by atoms with E-state index in [1.165, 1.54) is 4.68 Å². The van der Waals surface area contributed by atoms with Crippen LogP contribution in [-0.2, 0) is 6.61 Å². The number of fused-ring (bicyclic) bond motifs is 3. The molecule has 0 unspecified atom stereocenters. The Morgan fingerprint density at radius 1 is 1.26 bits per heavy atom. The van der Waals surface area contributed by atoms with E-state index < -0.39 is 5.97 Å². The van der Waals surface area contributed by atoms with E-state index in [0.717, 1.165) is 15.6 Å². The summed E-state index contributed by atoms with van der Waals surface area (Å²) in [6.45, 7) is 0.203.